The second kappa shape index (κ2) is 9.14. The van der Waals surface area contributed by atoms with E-state index in [-0.39, 0.29) is 29.0 Å². The van der Waals surface area contributed by atoms with Crippen LogP contribution in [-0.4, -0.2) is 70.5 Å². The Kier molecular flexibility index (Phi) is 5.48. The van der Waals surface area contributed by atoms with Gasteiger partial charge in [-0.3, -0.25) is 4.79 Å². The monoisotopic (exact) mass is 564 g/mol. The largest absolute Gasteiger partial charge is 0.434 e. The number of benzene rings is 2. The molecule has 4 aromatic rings. The maximum atomic E-state index is 15.5. The lowest BCUT2D eigenvalue weighted by molar-refractivity contribution is -0.0507. The highest BCUT2D eigenvalue weighted by Crippen LogP contribution is 2.48. The number of carbonyl (C=O) groups is 1. The molecule has 10 nitrogen and oxygen atoms in total. The van der Waals surface area contributed by atoms with Crippen LogP contribution in [-0.2, 0) is 9.47 Å². The van der Waals surface area contributed by atoms with E-state index < -0.39 is 30.4 Å². The molecule has 41 heavy (non-hydrogen) atoms. The van der Waals surface area contributed by atoms with Gasteiger partial charge in [-0.2, -0.15) is 8.78 Å². The quantitative estimate of drug-likeness (QED) is 0.401. The van der Waals surface area contributed by atoms with Crippen molar-refractivity contribution in [1.29, 1.82) is 0 Å². The fraction of sp³-hybridized carbons (Fsp3) is 0.357. The van der Waals surface area contributed by atoms with Crippen LogP contribution in [0.3, 0.4) is 0 Å². The van der Waals surface area contributed by atoms with Crippen molar-refractivity contribution >= 4 is 22.9 Å². The van der Waals surface area contributed by atoms with Gasteiger partial charge in [0, 0.05) is 40.7 Å². The molecule has 1 amide bonds. The number of amides is 1. The zero-order valence-electron chi connectivity index (χ0n) is 21.5. The topological polar surface area (TPSA) is 104 Å². The maximum absolute atomic E-state index is 15.5. The van der Waals surface area contributed by atoms with E-state index in [4.69, 9.17) is 14.2 Å². The Morgan fingerprint density at radius 3 is 2.46 bits per heavy atom. The molecule has 8 rings (SSSR count). The van der Waals surface area contributed by atoms with Crippen LogP contribution >= 0.6 is 0 Å². The van der Waals surface area contributed by atoms with Crippen molar-refractivity contribution in [2.45, 2.75) is 37.2 Å². The van der Waals surface area contributed by atoms with Crippen LogP contribution in [0.4, 0.5) is 19.1 Å². The Bertz CT molecular complexity index is 1670. The molecule has 2 fully saturated rings. The molecule has 0 radical (unpaired) electrons. The fourth-order valence-electron chi connectivity index (χ4n) is 6.57. The Labute approximate surface area is 231 Å². The summed E-state index contributed by atoms with van der Waals surface area (Å²) in [5, 5.41) is 2.94. The van der Waals surface area contributed by atoms with Crippen LogP contribution < -0.4 is 15.0 Å². The number of anilines is 1. The number of imidazole rings is 1. The summed E-state index contributed by atoms with van der Waals surface area (Å²) in [5.74, 6) is 0.0886. The number of nitrogens with one attached hydrogen (secondary N) is 1. The average Bonchev–Trinajstić information content (AvgIpc) is 3.43. The minimum Gasteiger partial charge on any atom is -0.434 e. The molecule has 2 atom stereocenters. The van der Waals surface area contributed by atoms with Crippen molar-refractivity contribution in [2.24, 2.45) is 0 Å². The van der Waals surface area contributed by atoms with Gasteiger partial charge in [-0.1, -0.05) is 6.07 Å². The molecule has 4 bridgehead atoms. The number of rotatable bonds is 4. The predicted octanol–water partition coefficient (Wildman–Crippen LogP) is 3.62. The van der Waals surface area contributed by atoms with E-state index >= 15 is 4.39 Å². The number of morpholine rings is 2. The van der Waals surface area contributed by atoms with Crippen LogP contribution in [0.5, 0.6) is 5.75 Å². The number of halogens is 3. The summed E-state index contributed by atoms with van der Waals surface area (Å²) in [7, 11) is 0. The Balaban J connectivity index is 1.21. The standard InChI is InChI=1S/C28H23F3N6O4/c29-18-5-19-21(4-17(18)13-7-32-28(33-8-13)36-14-9-39-11-15(36)12-40-10-14)37-22-6-20(25(37)34-19)35-26(38)16-2-1-3-23(24(16)22)41-27(30)31/h1-5,7-8,14-15,20,22,27H,6,9-12H2,(H,35,38)/t14-,15+,20-,22-/m0/s1. The summed E-state index contributed by atoms with van der Waals surface area (Å²) in [6, 6.07) is 6.56. The van der Waals surface area contributed by atoms with Gasteiger partial charge in [0.2, 0.25) is 5.95 Å². The highest BCUT2D eigenvalue weighted by atomic mass is 19.3. The summed E-state index contributed by atoms with van der Waals surface area (Å²) in [6.45, 7) is -0.967. The molecule has 4 aliphatic heterocycles. The van der Waals surface area contributed by atoms with Crippen LogP contribution in [0.2, 0.25) is 0 Å². The van der Waals surface area contributed by atoms with Crippen LogP contribution in [0.1, 0.15) is 40.3 Å². The summed E-state index contributed by atoms with van der Waals surface area (Å²) in [6.07, 6.45) is 3.58. The molecular formula is C28H23F3N6O4. The first-order valence-corrected chi connectivity index (χ1v) is 13.3. The number of nitrogens with zero attached hydrogens (tertiary/aromatic N) is 5. The second-order valence-electron chi connectivity index (χ2n) is 10.6. The van der Waals surface area contributed by atoms with Crippen molar-refractivity contribution in [2.75, 3.05) is 31.3 Å². The third kappa shape index (κ3) is 3.79. The minimum atomic E-state index is -3.06. The zero-order valence-corrected chi connectivity index (χ0v) is 21.5. The van der Waals surface area contributed by atoms with Gasteiger partial charge >= 0.3 is 6.61 Å². The van der Waals surface area contributed by atoms with Gasteiger partial charge in [-0.15, -0.1) is 0 Å². The lowest BCUT2D eigenvalue weighted by atomic mass is 9.97. The molecule has 2 saturated heterocycles. The predicted molar refractivity (Wildman–Crippen MR) is 138 cm³/mol. The Hall–Kier alpha value is -4.23. The molecule has 2 aromatic carbocycles. The SMILES string of the molecule is O=C1N[C@H]2C[C@@H](c3c(OC(F)F)cccc31)n1c2nc2cc(F)c(-c3cnc(N4[C@H]5COC[C@@H]4COC5)nc3)cc21. The van der Waals surface area contributed by atoms with E-state index in [0.717, 1.165) is 0 Å². The van der Waals surface area contributed by atoms with E-state index in [0.29, 0.717) is 66.8 Å². The number of fused-ring (bicyclic) bond motifs is 11. The highest BCUT2D eigenvalue weighted by molar-refractivity contribution is 5.98. The molecule has 4 aliphatic rings. The van der Waals surface area contributed by atoms with Crippen LogP contribution in [0.25, 0.3) is 22.2 Å². The zero-order chi connectivity index (χ0) is 27.8. The Morgan fingerprint density at radius 2 is 1.76 bits per heavy atom. The molecular weight excluding hydrogens is 541 g/mol. The van der Waals surface area contributed by atoms with Gasteiger partial charge in [0.15, 0.2) is 0 Å². The van der Waals surface area contributed by atoms with Gasteiger partial charge in [0.25, 0.3) is 5.91 Å². The molecule has 0 aliphatic carbocycles. The first-order chi connectivity index (χ1) is 20.0. The number of hydrogen-bond acceptors (Lipinski definition) is 8. The summed E-state index contributed by atoms with van der Waals surface area (Å²) in [5.41, 5.74) is 2.35. The molecule has 0 spiro atoms. The number of alkyl halides is 2. The van der Waals surface area contributed by atoms with Crippen molar-refractivity contribution in [1.82, 2.24) is 24.8 Å². The molecule has 210 valence electrons. The summed E-state index contributed by atoms with van der Waals surface area (Å²) >= 11 is 0. The fourth-order valence-corrected chi connectivity index (χ4v) is 6.57. The maximum Gasteiger partial charge on any atom is 0.387 e. The van der Waals surface area contributed by atoms with Gasteiger partial charge in [0.05, 0.1) is 61.6 Å². The van der Waals surface area contributed by atoms with Gasteiger partial charge in [-0.25, -0.2) is 19.3 Å². The van der Waals surface area contributed by atoms with Crippen molar-refractivity contribution in [3.8, 4) is 16.9 Å². The molecule has 6 heterocycles. The molecule has 0 saturated carbocycles. The smallest absolute Gasteiger partial charge is 0.387 e. The van der Waals surface area contributed by atoms with Gasteiger partial charge in [0.1, 0.15) is 17.4 Å². The number of aromatic nitrogens is 4. The third-order valence-electron chi connectivity index (χ3n) is 8.26. The average molecular weight is 565 g/mol. The van der Waals surface area contributed by atoms with Crippen molar-refractivity contribution < 1.29 is 32.2 Å². The first kappa shape index (κ1) is 24.6. The van der Waals surface area contributed by atoms with E-state index in [1.165, 1.54) is 18.2 Å². The lowest BCUT2D eigenvalue weighted by Crippen LogP contribution is -2.60. The van der Waals surface area contributed by atoms with Gasteiger partial charge in [-0.05, 0) is 24.6 Å². The number of hydrogen-bond donors (Lipinski definition) is 1. The molecule has 2 aromatic heterocycles. The van der Waals surface area contributed by atoms with E-state index in [2.05, 4.69) is 25.2 Å². The molecule has 13 heteroatoms. The van der Waals surface area contributed by atoms with Crippen molar-refractivity contribution in [3.05, 3.63) is 65.5 Å². The summed E-state index contributed by atoms with van der Waals surface area (Å²) < 4.78 is 60.1. The molecule has 1 N–H and O–H groups in total. The van der Waals surface area contributed by atoms with E-state index in [1.807, 2.05) is 4.57 Å². The lowest BCUT2D eigenvalue weighted by Gasteiger charge is -2.45. The Morgan fingerprint density at radius 1 is 1.02 bits per heavy atom. The molecule has 0 unspecified atom stereocenters. The number of ether oxygens (including phenoxy) is 3. The van der Waals surface area contributed by atoms with E-state index in [9.17, 15) is 13.6 Å². The van der Waals surface area contributed by atoms with Crippen LogP contribution in [0.15, 0.2) is 42.7 Å². The van der Waals surface area contributed by atoms with Crippen molar-refractivity contribution in [3.63, 3.8) is 0 Å². The second-order valence-corrected chi connectivity index (χ2v) is 10.6. The summed E-state index contributed by atoms with van der Waals surface area (Å²) in [4.78, 5) is 28.8. The first-order valence-electron chi connectivity index (χ1n) is 13.3. The number of carbonyl (C=O) groups excluding carboxylic acids is 1. The third-order valence-corrected chi connectivity index (χ3v) is 8.26. The van der Waals surface area contributed by atoms with E-state index in [1.54, 1.807) is 24.5 Å². The highest BCUT2D eigenvalue weighted by Gasteiger charge is 2.42. The minimum absolute atomic E-state index is 0.0153. The van der Waals surface area contributed by atoms with Crippen LogP contribution in [0, 0.1) is 5.82 Å². The van der Waals surface area contributed by atoms with Gasteiger partial charge < -0.3 is 29.0 Å². The normalized spacial score (nSPS) is 24.7.